The van der Waals surface area contributed by atoms with Crippen LogP contribution in [0.2, 0.25) is 0 Å². The first-order chi connectivity index (χ1) is 10.9. The topological polar surface area (TPSA) is 63.7 Å². The molecule has 2 aliphatic heterocycles. The van der Waals surface area contributed by atoms with Crippen molar-refractivity contribution in [1.82, 2.24) is 4.90 Å². The zero-order chi connectivity index (χ0) is 16.6. The number of carbonyl (C=O) groups is 3. The molecule has 1 aromatic carbocycles. The van der Waals surface area contributed by atoms with Gasteiger partial charge in [-0.3, -0.25) is 9.59 Å². The zero-order valence-electron chi connectivity index (χ0n) is 12.6. The predicted octanol–water partition coefficient (Wildman–Crippen LogP) is 2.63. The number of nitrogens with zero attached hydrogens (tertiary/aromatic N) is 1. The third-order valence-corrected chi connectivity index (χ3v) is 6.26. The van der Waals surface area contributed by atoms with Gasteiger partial charge in [0.2, 0.25) is 5.91 Å². The molecule has 0 spiro atoms. The molecule has 0 saturated carbocycles. The summed E-state index contributed by atoms with van der Waals surface area (Å²) in [6.07, 6.45) is 1.21. The Hall–Kier alpha value is -1.34. The van der Waals surface area contributed by atoms with Gasteiger partial charge in [0.1, 0.15) is 6.04 Å². The summed E-state index contributed by atoms with van der Waals surface area (Å²) in [4.78, 5) is 37.6. The predicted molar refractivity (Wildman–Crippen MR) is 90.2 cm³/mol. The lowest BCUT2D eigenvalue weighted by atomic mass is 10.1. The number of hydrogen-bond donors (Lipinski definition) is 0. The van der Waals surface area contributed by atoms with E-state index in [2.05, 4.69) is 15.9 Å². The molecule has 2 atom stereocenters. The van der Waals surface area contributed by atoms with Crippen LogP contribution in [0.5, 0.6) is 0 Å². The molecule has 2 aliphatic rings. The summed E-state index contributed by atoms with van der Waals surface area (Å²) in [7, 11) is 0. The Morgan fingerprint density at radius 2 is 2.09 bits per heavy atom. The van der Waals surface area contributed by atoms with Gasteiger partial charge in [0, 0.05) is 22.2 Å². The number of ether oxygens (including phenoxy) is 1. The normalized spacial score (nSPS) is 26.3. The van der Waals surface area contributed by atoms with Crippen LogP contribution in [0.3, 0.4) is 0 Å². The van der Waals surface area contributed by atoms with Crippen LogP contribution in [0.25, 0.3) is 0 Å². The van der Waals surface area contributed by atoms with Gasteiger partial charge < -0.3 is 9.64 Å². The summed E-state index contributed by atoms with van der Waals surface area (Å²) >= 11 is 4.90. The third-order valence-electron chi connectivity index (χ3n) is 4.23. The number of benzene rings is 1. The lowest BCUT2D eigenvalue weighted by molar-refractivity contribution is -0.152. The third kappa shape index (κ3) is 3.17. The van der Waals surface area contributed by atoms with E-state index in [1.54, 1.807) is 40.9 Å². The van der Waals surface area contributed by atoms with E-state index in [1.807, 2.05) is 6.92 Å². The van der Waals surface area contributed by atoms with Gasteiger partial charge in [-0.05, 0) is 25.5 Å². The highest BCUT2D eigenvalue weighted by Gasteiger charge is 2.53. The minimum Gasteiger partial charge on any atom is -0.456 e. The van der Waals surface area contributed by atoms with Gasteiger partial charge in [0.15, 0.2) is 12.4 Å². The van der Waals surface area contributed by atoms with Gasteiger partial charge in [-0.2, -0.15) is 0 Å². The number of ketones is 1. The average Bonchev–Trinajstić information content (AvgIpc) is 3.02. The van der Waals surface area contributed by atoms with Crippen molar-refractivity contribution in [2.75, 3.05) is 12.4 Å². The van der Waals surface area contributed by atoms with Crippen molar-refractivity contribution in [3.63, 3.8) is 0 Å². The van der Waals surface area contributed by atoms with Gasteiger partial charge in [-0.1, -0.05) is 28.1 Å². The van der Waals surface area contributed by atoms with Crippen LogP contribution in [-0.4, -0.2) is 45.8 Å². The molecule has 0 radical (unpaired) electrons. The van der Waals surface area contributed by atoms with E-state index in [9.17, 15) is 14.4 Å². The SMILES string of the molecule is C[C@]12CCC(=O)N1[C@H](C(=O)OCC(=O)c1ccc(Br)cc1)CS2. The molecule has 0 unspecified atom stereocenters. The Kier molecular flexibility index (Phi) is 4.51. The molecule has 0 bridgehead atoms. The van der Waals surface area contributed by atoms with Crippen LogP contribution in [0, 0.1) is 0 Å². The molecule has 2 fully saturated rings. The van der Waals surface area contributed by atoms with E-state index in [0.717, 1.165) is 10.9 Å². The maximum Gasteiger partial charge on any atom is 0.330 e. The number of thioether (sulfide) groups is 1. The fraction of sp³-hybridized carbons (Fsp3) is 0.438. The minimum absolute atomic E-state index is 0.0151. The van der Waals surface area contributed by atoms with E-state index in [-0.39, 0.29) is 23.2 Å². The Morgan fingerprint density at radius 1 is 1.39 bits per heavy atom. The highest BCUT2D eigenvalue weighted by atomic mass is 79.9. The summed E-state index contributed by atoms with van der Waals surface area (Å²) in [6, 6.07) is 6.28. The monoisotopic (exact) mass is 397 g/mol. The molecule has 3 rings (SSSR count). The fourth-order valence-corrected chi connectivity index (χ4v) is 4.63. The van der Waals surface area contributed by atoms with Crippen molar-refractivity contribution in [2.24, 2.45) is 0 Å². The molecular formula is C16H16BrNO4S. The average molecular weight is 398 g/mol. The number of halogens is 1. The Labute approximate surface area is 146 Å². The smallest absolute Gasteiger partial charge is 0.330 e. The number of fused-ring (bicyclic) bond motifs is 1. The van der Waals surface area contributed by atoms with E-state index in [1.165, 1.54) is 0 Å². The van der Waals surface area contributed by atoms with Gasteiger partial charge in [0.25, 0.3) is 0 Å². The lowest BCUT2D eigenvalue weighted by Gasteiger charge is -2.29. The van der Waals surface area contributed by atoms with Crippen molar-refractivity contribution < 1.29 is 19.1 Å². The molecule has 23 heavy (non-hydrogen) atoms. The van der Waals surface area contributed by atoms with E-state index < -0.39 is 12.0 Å². The molecule has 1 aromatic rings. The van der Waals surface area contributed by atoms with E-state index >= 15 is 0 Å². The molecule has 0 N–H and O–H groups in total. The van der Waals surface area contributed by atoms with E-state index in [4.69, 9.17) is 4.74 Å². The van der Waals surface area contributed by atoms with Gasteiger partial charge in [-0.25, -0.2) is 4.79 Å². The standard InChI is InChI=1S/C16H16BrNO4S/c1-16-7-6-14(20)18(16)12(9-23-16)15(21)22-8-13(19)10-2-4-11(17)5-3-10/h2-5,12H,6-9H2,1H3/t12-,16-/m0/s1. The van der Waals surface area contributed by atoms with Gasteiger partial charge in [-0.15, -0.1) is 11.8 Å². The van der Waals surface area contributed by atoms with Crippen LogP contribution in [-0.2, 0) is 14.3 Å². The molecule has 0 aromatic heterocycles. The van der Waals surface area contributed by atoms with Crippen molar-refractivity contribution >= 4 is 45.4 Å². The number of esters is 1. The van der Waals surface area contributed by atoms with Crippen LogP contribution in [0.4, 0.5) is 0 Å². The largest absolute Gasteiger partial charge is 0.456 e. The number of rotatable bonds is 4. The summed E-state index contributed by atoms with van der Waals surface area (Å²) in [5.41, 5.74) is 0.490. The highest BCUT2D eigenvalue weighted by Crippen LogP contribution is 2.47. The maximum absolute atomic E-state index is 12.3. The Morgan fingerprint density at radius 3 is 2.78 bits per heavy atom. The second kappa shape index (κ2) is 6.28. The fourth-order valence-electron chi connectivity index (χ4n) is 2.95. The van der Waals surface area contributed by atoms with Crippen molar-refractivity contribution in [2.45, 2.75) is 30.7 Å². The second-order valence-corrected chi connectivity index (χ2v) is 8.22. The minimum atomic E-state index is -0.585. The van der Waals surface area contributed by atoms with Crippen molar-refractivity contribution in [3.05, 3.63) is 34.3 Å². The van der Waals surface area contributed by atoms with Crippen molar-refractivity contribution in [1.29, 1.82) is 0 Å². The molecule has 5 nitrogen and oxygen atoms in total. The zero-order valence-corrected chi connectivity index (χ0v) is 15.0. The van der Waals surface area contributed by atoms with Crippen molar-refractivity contribution in [3.8, 4) is 0 Å². The molecule has 2 heterocycles. The van der Waals surface area contributed by atoms with Crippen LogP contribution < -0.4 is 0 Å². The number of amides is 1. The molecule has 1 amide bonds. The first-order valence-electron chi connectivity index (χ1n) is 7.32. The molecule has 7 heteroatoms. The number of hydrogen-bond acceptors (Lipinski definition) is 5. The highest BCUT2D eigenvalue weighted by molar-refractivity contribution is 9.10. The lowest BCUT2D eigenvalue weighted by Crippen LogP contribution is -2.46. The Bertz CT molecular complexity index is 663. The van der Waals surface area contributed by atoms with Gasteiger partial charge >= 0.3 is 5.97 Å². The summed E-state index contributed by atoms with van der Waals surface area (Å²) in [6.45, 7) is 1.67. The molecule has 0 aliphatic carbocycles. The quantitative estimate of drug-likeness (QED) is 0.577. The maximum atomic E-state index is 12.3. The van der Waals surface area contributed by atoms with E-state index in [0.29, 0.717) is 17.7 Å². The van der Waals surface area contributed by atoms with Crippen LogP contribution in [0.15, 0.2) is 28.7 Å². The number of carbonyl (C=O) groups excluding carboxylic acids is 3. The molecule has 2 saturated heterocycles. The molecule has 122 valence electrons. The number of Topliss-reactive ketones (excluding diaryl/α,β-unsaturated/α-hetero) is 1. The summed E-state index contributed by atoms with van der Waals surface area (Å²) in [5, 5.41) is 0. The molecular weight excluding hydrogens is 382 g/mol. The first kappa shape index (κ1) is 16.5. The summed E-state index contributed by atoms with van der Waals surface area (Å²) in [5.74, 6) is -0.249. The Balaban J connectivity index is 1.60. The van der Waals surface area contributed by atoms with Crippen LogP contribution in [0.1, 0.15) is 30.1 Å². The first-order valence-corrected chi connectivity index (χ1v) is 9.10. The summed E-state index contributed by atoms with van der Waals surface area (Å²) < 4.78 is 6.04. The van der Waals surface area contributed by atoms with Gasteiger partial charge in [0.05, 0.1) is 4.87 Å². The second-order valence-electron chi connectivity index (χ2n) is 5.80. The van der Waals surface area contributed by atoms with Crippen LogP contribution >= 0.6 is 27.7 Å².